The first-order valence-electron chi connectivity index (χ1n) is 12.4. The molecule has 0 spiro atoms. The molecule has 0 atom stereocenters. The van der Waals surface area contributed by atoms with E-state index >= 15 is 0 Å². The molecule has 0 saturated heterocycles. The van der Waals surface area contributed by atoms with Gasteiger partial charge in [-0.15, -0.1) is 0 Å². The van der Waals surface area contributed by atoms with Gasteiger partial charge in [0.1, 0.15) is 6.29 Å². The molecule has 33 heavy (non-hydrogen) atoms. The summed E-state index contributed by atoms with van der Waals surface area (Å²) in [4.78, 5) is 25.1. The summed E-state index contributed by atoms with van der Waals surface area (Å²) < 4.78 is 4.86. The number of hydrogen-bond donors (Lipinski definition) is 0. The normalized spacial score (nSPS) is 13.8. The van der Waals surface area contributed by atoms with E-state index in [4.69, 9.17) is 4.74 Å². The first-order valence-corrected chi connectivity index (χ1v) is 12.4. The van der Waals surface area contributed by atoms with E-state index in [1.165, 1.54) is 58.6 Å². The van der Waals surface area contributed by atoms with Gasteiger partial charge in [0.25, 0.3) is 0 Å². The number of benzene rings is 2. The van der Waals surface area contributed by atoms with Crippen molar-refractivity contribution in [3.05, 3.63) is 59.2 Å². The third kappa shape index (κ3) is 8.43. The first kappa shape index (κ1) is 26.8. The Morgan fingerprint density at radius 1 is 1.09 bits per heavy atom. The molecule has 0 N–H and O–H groups in total. The van der Waals surface area contributed by atoms with Gasteiger partial charge in [0.15, 0.2) is 0 Å². The summed E-state index contributed by atoms with van der Waals surface area (Å²) in [6, 6.07) is 14.4. The van der Waals surface area contributed by atoms with E-state index < -0.39 is 0 Å². The van der Waals surface area contributed by atoms with Crippen molar-refractivity contribution in [2.75, 3.05) is 20.7 Å². The zero-order chi connectivity index (χ0) is 24.1. The fraction of sp³-hybridized carbons (Fsp3) is 0.517. The van der Waals surface area contributed by atoms with Crippen LogP contribution in [0.2, 0.25) is 0 Å². The molecule has 0 aromatic heterocycles. The lowest BCUT2D eigenvalue weighted by Gasteiger charge is -2.31. The lowest BCUT2D eigenvalue weighted by molar-refractivity contribution is -0.107. The number of aryl methyl sites for hydroxylation is 2. The lowest BCUT2D eigenvalue weighted by Crippen LogP contribution is -2.33. The second-order valence-corrected chi connectivity index (χ2v) is 9.02. The Balaban J connectivity index is 0.000000273. The molecule has 0 radical (unpaired) electrons. The van der Waals surface area contributed by atoms with Crippen molar-refractivity contribution in [1.82, 2.24) is 4.90 Å². The fourth-order valence-electron chi connectivity index (χ4n) is 4.47. The second-order valence-electron chi connectivity index (χ2n) is 9.02. The summed E-state index contributed by atoms with van der Waals surface area (Å²) in [6.45, 7) is 5.59. The molecule has 0 heterocycles. The van der Waals surface area contributed by atoms with Crippen molar-refractivity contribution in [2.45, 2.75) is 77.7 Å². The molecule has 180 valence electrons. The Kier molecular flexibility index (Phi) is 11.9. The standard InChI is InChI=1S/C18H18O3.C11H23N/c1-13-6-3-4-8-15(13)17-12-14(7-5-11-19)9-10-16(17)18(20)21-2;1-3-4-10-12(2)11-8-6-5-7-9-11/h3-4,6,8-12H,5,7H2,1-2H3;11H,3-10H2,1-2H3. The second kappa shape index (κ2) is 14.6. The van der Waals surface area contributed by atoms with Crippen LogP contribution in [0, 0.1) is 6.92 Å². The Morgan fingerprint density at radius 2 is 1.82 bits per heavy atom. The van der Waals surface area contributed by atoms with Crippen LogP contribution in [-0.2, 0) is 16.0 Å². The van der Waals surface area contributed by atoms with Crippen LogP contribution in [0.25, 0.3) is 11.1 Å². The van der Waals surface area contributed by atoms with Crippen molar-refractivity contribution >= 4 is 12.3 Å². The van der Waals surface area contributed by atoms with E-state index in [2.05, 4.69) is 18.9 Å². The molecule has 2 aromatic carbocycles. The summed E-state index contributed by atoms with van der Waals surface area (Å²) in [6.07, 6.45) is 12.0. The van der Waals surface area contributed by atoms with Crippen LogP contribution in [0.5, 0.6) is 0 Å². The maximum absolute atomic E-state index is 12.0. The average molecular weight is 452 g/mol. The van der Waals surface area contributed by atoms with E-state index in [1.807, 2.05) is 43.3 Å². The van der Waals surface area contributed by atoms with Gasteiger partial charge in [-0.3, -0.25) is 0 Å². The molecule has 2 aromatic rings. The van der Waals surface area contributed by atoms with Gasteiger partial charge in [-0.1, -0.05) is 69.0 Å². The predicted octanol–water partition coefficient (Wildman–Crippen LogP) is 6.63. The fourth-order valence-corrected chi connectivity index (χ4v) is 4.47. The number of esters is 1. The average Bonchev–Trinajstić information content (AvgIpc) is 2.86. The highest BCUT2D eigenvalue weighted by Crippen LogP contribution is 2.29. The summed E-state index contributed by atoms with van der Waals surface area (Å²) in [5, 5.41) is 0. The molecule has 1 fully saturated rings. The molecule has 3 rings (SSSR count). The quantitative estimate of drug-likeness (QED) is 0.317. The number of methoxy groups -OCH3 is 1. The Bertz CT molecular complexity index is 871. The molecule has 0 bridgehead atoms. The zero-order valence-corrected chi connectivity index (χ0v) is 20.9. The van der Waals surface area contributed by atoms with Gasteiger partial charge in [0, 0.05) is 12.5 Å². The Labute approximate surface area is 200 Å². The number of ether oxygens (including phenoxy) is 1. The minimum atomic E-state index is -0.352. The predicted molar refractivity (Wildman–Crippen MR) is 137 cm³/mol. The van der Waals surface area contributed by atoms with Gasteiger partial charge >= 0.3 is 5.97 Å². The van der Waals surface area contributed by atoms with Crippen molar-refractivity contribution < 1.29 is 14.3 Å². The number of nitrogens with zero attached hydrogens (tertiary/aromatic N) is 1. The molecular formula is C29H41NO3. The van der Waals surface area contributed by atoms with Crippen molar-refractivity contribution in [3.8, 4) is 11.1 Å². The summed E-state index contributed by atoms with van der Waals surface area (Å²) >= 11 is 0. The van der Waals surface area contributed by atoms with E-state index in [0.29, 0.717) is 18.4 Å². The summed E-state index contributed by atoms with van der Waals surface area (Å²) in [7, 11) is 3.68. The van der Waals surface area contributed by atoms with Crippen LogP contribution in [0.3, 0.4) is 0 Å². The Morgan fingerprint density at radius 3 is 2.45 bits per heavy atom. The van der Waals surface area contributed by atoms with Gasteiger partial charge in [0.05, 0.1) is 12.7 Å². The van der Waals surface area contributed by atoms with E-state index in [0.717, 1.165) is 34.6 Å². The number of hydrogen-bond acceptors (Lipinski definition) is 4. The molecule has 1 saturated carbocycles. The van der Waals surface area contributed by atoms with Crippen LogP contribution < -0.4 is 0 Å². The molecule has 4 heteroatoms. The van der Waals surface area contributed by atoms with Crippen LogP contribution in [0.1, 0.15) is 79.8 Å². The molecule has 0 unspecified atom stereocenters. The van der Waals surface area contributed by atoms with E-state index in [-0.39, 0.29) is 5.97 Å². The van der Waals surface area contributed by atoms with E-state index in [9.17, 15) is 9.59 Å². The van der Waals surface area contributed by atoms with E-state index in [1.54, 1.807) is 6.07 Å². The number of carbonyl (C=O) groups is 2. The van der Waals surface area contributed by atoms with Crippen LogP contribution in [-0.4, -0.2) is 43.9 Å². The zero-order valence-electron chi connectivity index (χ0n) is 20.9. The van der Waals surface area contributed by atoms with Crippen LogP contribution >= 0.6 is 0 Å². The smallest absolute Gasteiger partial charge is 0.338 e. The van der Waals surface area contributed by atoms with Crippen LogP contribution in [0.4, 0.5) is 0 Å². The molecule has 0 aliphatic heterocycles. The third-order valence-electron chi connectivity index (χ3n) is 6.54. The lowest BCUT2D eigenvalue weighted by atomic mass is 9.93. The minimum Gasteiger partial charge on any atom is -0.465 e. The van der Waals surface area contributed by atoms with Crippen molar-refractivity contribution in [1.29, 1.82) is 0 Å². The maximum atomic E-state index is 12.0. The number of carbonyl (C=O) groups excluding carboxylic acids is 2. The molecule has 1 aliphatic rings. The van der Waals surface area contributed by atoms with Crippen molar-refractivity contribution in [3.63, 3.8) is 0 Å². The highest BCUT2D eigenvalue weighted by atomic mass is 16.5. The number of rotatable bonds is 9. The highest BCUT2D eigenvalue weighted by molar-refractivity contribution is 5.97. The Hall–Kier alpha value is -2.46. The molecule has 1 aliphatic carbocycles. The SMILES string of the molecule is CCCCN(C)C1CCCCC1.COC(=O)c1ccc(CCC=O)cc1-c1ccccc1C. The topological polar surface area (TPSA) is 46.6 Å². The summed E-state index contributed by atoms with van der Waals surface area (Å²) in [5.41, 5.74) is 4.53. The molecule has 4 nitrogen and oxygen atoms in total. The largest absolute Gasteiger partial charge is 0.465 e. The van der Waals surface area contributed by atoms with Crippen LogP contribution in [0.15, 0.2) is 42.5 Å². The molecular weight excluding hydrogens is 410 g/mol. The monoisotopic (exact) mass is 451 g/mol. The van der Waals surface area contributed by atoms with Gasteiger partial charge in [-0.25, -0.2) is 4.79 Å². The summed E-state index contributed by atoms with van der Waals surface area (Å²) in [5.74, 6) is -0.352. The van der Waals surface area contributed by atoms with Crippen molar-refractivity contribution in [2.24, 2.45) is 0 Å². The minimum absolute atomic E-state index is 0.352. The molecule has 0 amide bonds. The number of aldehydes is 1. The maximum Gasteiger partial charge on any atom is 0.338 e. The third-order valence-corrected chi connectivity index (χ3v) is 6.54. The van der Waals surface area contributed by atoms with Gasteiger partial charge in [0.2, 0.25) is 0 Å². The highest BCUT2D eigenvalue weighted by Gasteiger charge is 2.17. The van der Waals surface area contributed by atoms with Gasteiger partial charge in [-0.2, -0.15) is 0 Å². The number of unbranched alkanes of at least 4 members (excludes halogenated alkanes) is 1. The first-order chi connectivity index (χ1) is 16.0. The van der Waals surface area contributed by atoms with Gasteiger partial charge < -0.3 is 14.4 Å². The van der Waals surface area contributed by atoms with Gasteiger partial charge in [-0.05, 0) is 74.5 Å².